The van der Waals surface area contributed by atoms with E-state index in [1.54, 1.807) is 7.11 Å². The number of hydrogen-bond donors (Lipinski definition) is 0. The minimum Gasteiger partial charge on any atom is -0.469 e. The molecule has 0 amide bonds. The molecule has 0 atom stereocenters. The molecule has 1 aromatic heterocycles. The lowest BCUT2D eigenvalue weighted by molar-refractivity contribution is -0.145. The highest BCUT2D eigenvalue weighted by molar-refractivity contribution is 5.90. The van der Waals surface area contributed by atoms with Gasteiger partial charge in [0.2, 0.25) is 11.5 Å². The highest BCUT2D eigenvalue weighted by atomic mass is 16.6. The largest absolute Gasteiger partial charge is 0.469 e. The molecular weight excluding hydrogens is 448 g/mol. The van der Waals surface area contributed by atoms with Crippen molar-refractivity contribution in [3.8, 4) is 0 Å². The highest BCUT2D eigenvalue weighted by Gasteiger charge is 2.17. The van der Waals surface area contributed by atoms with Gasteiger partial charge in [0.25, 0.3) is 0 Å². The third-order valence-corrected chi connectivity index (χ3v) is 4.76. The van der Waals surface area contributed by atoms with Gasteiger partial charge >= 0.3 is 23.9 Å². The minimum atomic E-state index is -0.656. The Morgan fingerprint density at radius 1 is 0.618 bits per heavy atom. The van der Waals surface area contributed by atoms with Crippen molar-refractivity contribution in [3.05, 3.63) is 23.7 Å². The summed E-state index contributed by atoms with van der Waals surface area (Å²) in [5, 5.41) is 0. The van der Waals surface area contributed by atoms with Gasteiger partial charge in [0, 0.05) is 26.6 Å². The maximum absolute atomic E-state index is 12.0. The summed E-state index contributed by atoms with van der Waals surface area (Å²) in [6, 6.07) is 2.76. The third-order valence-electron chi connectivity index (χ3n) is 4.76. The molecule has 0 aromatic carbocycles. The summed E-state index contributed by atoms with van der Waals surface area (Å²) < 4.78 is 30.1. The van der Waals surface area contributed by atoms with Gasteiger partial charge in [-0.25, -0.2) is 9.59 Å². The third kappa shape index (κ3) is 13.6. The number of ether oxygens (including phenoxy) is 5. The SMILES string of the molecule is COCCCCCOC(=O)c1ccc(C(=O)OCCCCCOC(=O)CCCCC(=O)OC)o1. The molecule has 0 unspecified atom stereocenters. The molecule has 0 radical (unpaired) electrons. The Labute approximate surface area is 200 Å². The zero-order valence-electron chi connectivity index (χ0n) is 20.1. The van der Waals surface area contributed by atoms with Crippen LogP contribution in [-0.2, 0) is 33.3 Å². The fourth-order valence-corrected chi connectivity index (χ4v) is 2.83. The van der Waals surface area contributed by atoms with Crippen molar-refractivity contribution in [1.82, 2.24) is 0 Å². The van der Waals surface area contributed by atoms with Crippen molar-refractivity contribution < 1.29 is 47.3 Å². The average Bonchev–Trinajstić information content (AvgIpc) is 3.33. The van der Waals surface area contributed by atoms with Gasteiger partial charge in [-0.05, 0) is 63.5 Å². The molecule has 0 bridgehead atoms. The van der Waals surface area contributed by atoms with E-state index in [1.165, 1.54) is 19.2 Å². The van der Waals surface area contributed by atoms with E-state index < -0.39 is 11.9 Å². The molecule has 0 fully saturated rings. The molecule has 0 N–H and O–H groups in total. The van der Waals surface area contributed by atoms with Crippen molar-refractivity contribution >= 4 is 23.9 Å². The van der Waals surface area contributed by atoms with E-state index in [-0.39, 0.29) is 43.1 Å². The average molecular weight is 485 g/mol. The maximum Gasteiger partial charge on any atom is 0.374 e. The number of carbonyl (C=O) groups is 4. The maximum atomic E-state index is 12.0. The number of rotatable bonds is 19. The summed E-state index contributed by atoms with van der Waals surface area (Å²) >= 11 is 0. The quantitative estimate of drug-likeness (QED) is 0.162. The van der Waals surface area contributed by atoms with Crippen LogP contribution < -0.4 is 0 Å². The van der Waals surface area contributed by atoms with Crippen molar-refractivity contribution in [2.45, 2.75) is 64.2 Å². The van der Waals surface area contributed by atoms with Crippen molar-refractivity contribution in [1.29, 1.82) is 0 Å². The molecule has 0 aliphatic carbocycles. The molecule has 0 saturated heterocycles. The lowest BCUT2D eigenvalue weighted by atomic mass is 10.2. The number of furan rings is 1. The molecule has 0 aliphatic rings. The summed E-state index contributed by atoms with van der Waals surface area (Å²) in [6.45, 7) is 1.42. The van der Waals surface area contributed by atoms with Gasteiger partial charge in [-0.3, -0.25) is 9.59 Å². The fourth-order valence-electron chi connectivity index (χ4n) is 2.83. The topological polar surface area (TPSA) is 128 Å². The lowest BCUT2D eigenvalue weighted by Gasteiger charge is -2.05. The van der Waals surface area contributed by atoms with Crippen LogP contribution in [0.1, 0.15) is 85.3 Å². The van der Waals surface area contributed by atoms with Gasteiger partial charge in [-0.2, -0.15) is 0 Å². The van der Waals surface area contributed by atoms with Crippen LogP contribution >= 0.6 is 0 Å². The van der Waals surface area contributed by atoms with Crippen LogP contribution in [0.2, 0.25) is 0 Å². The van der Waals surface area contributed by atoms with E-state index in [0.717, 1.165) is 19.3 Å². The first kappa shape index (κ1) is 29.2. The molecule has 1 heterocycles. The first-order valence-electron chi connectivity index (χ1n) is 11.6. The van der Waals surface area contributed by atoms with Crippen LogP contribution in [0.25, 0.3) is 0 Å². The first-order chi connectivity index (χ1) is 16.5. The Morgan fingerprint density at radius 3 is 1.59 bits per heavy atom. The van der Waals surface area contributed by atoms with Crippen LogP contribution in [0.4, 0.5) is 0 Å². The fraction of sp³-hybridized carbons (Fsp3) is 0.667. The van der Waals surface area contributed by atoms with Crippen molar-refractivity contribution in [3.63, 3.8) is 0 Å². The predicted molar refractivity (Wildman–Crippen MR) is 120 cm³/mol. The molecule has 1 aromatic rings. The summed E-state index contributed by atoms with van der Waals surface area (Å²) in [5.74, 6) is -1.97. The molecule has 1 rings (SSSR count). The van der Waals surface area contributed by atoms with E-state index in [2.05, 4.69) is 4.74 Å². The van der Waals surface area contributed by atoms with E-state index in [1.807, 2.05) is 0 Å². The van der Waals surface area contributed by atoms with Crippen LogP contribution in [-0.4, -0.2) is 64.5 Å². The molecule has 0 saturated carbocycles. The van der Waals surface area contributed by atoms with E-state index in [9.17, 15) is 19.2 Å². The Kier molecular flexibility index (Phi) is 15.9. The second-order valence-corrected chi connectivity index (χ2v) is 7.55. The van der Waals surface area contributed by atoms with Gasteiger partial charge < -0.3 is 28.1 Å². The van der Waals surface area contributed by atoms with Gasteiger partial charge in [0.15, 0.2) is 0 Å². The molecule has 10 nitrogen and oxygen atoms in total. The number of carbonyl (C=O) groups excluding carboxylic acids is 4. The Hall–Kier alpha value is -2.88. The van der Waals surface area contributed by atoms with Crippen LogP contribution in [0.15, 0.2) is 16.5 Å². The second-order valence-electron chi connectivity index (χ2n) is 7.55. The van der Waals surface area contributed by atoms with Crippen molar-refractivity contribution in [2.75, 3.05) is 40.6 Å². The Morgan fingerprint density at radius 2 is 1.09 bits per heavy atom. The minimum absolute atomic E-state index is 0.0454. The zero-order chi connectivity index (χ0) is 25.0. The van der Waals surface area contributed by atoms with E-state index in [4.69, 9.17) is 23.4 Å². The van der Waals surface area contributed by atoms with Gasteiger partial charge in [0.1, 0.15) is 0 Å². The van der Waals surface area contributed by atoms with Crippen LogP contribution in [0.5, 0.6) is 0 Å². The molecule has 192 valence electrons. The van der Waals surface area contributed by atoms with Gasteiger partial charge in [0.05, 0.1) is 26.9 Å². The number of methoxy groups -OCH3 is 2. The number of hydrogen-bond acceptors (Lipinski definition) is 10. The van der Waals surface area contributed by atoms with E-state index in [0.29, 0.717) is 51.7 Å². The standard InChI is InChI=1S/C24H36O10/c1-29-15-7-3-9-17-32-23(27)19-13-14-20(34-19)24(28)33-18-10-4-8-16-31-22(26)12-6-5-11-21(25)30-2/h13-14H,3-12,15-18H2,1-2H3. The first-order valence-corrected chi connectivity index (χ1v) is 11.6. The summed E-state index contributed by atoms with van der Waals surface area (Å²) in [7, 11) is 2.97. The lowest BCUT2D eigenvalue weighted by Crippen LogP contribution is -2.08. The molecule has 10 heteroatoms. The van der Waals surface area contributed by atoms with Gasteiger partial charge in [-0.1, -0.05) is 0 Å². The number of unbranched alkanes of at least 4 members (excludes halogenated alkanes) is 5. The molecule has 0 spiro atoms. The van der Waals surface area contributed by atoms with Crippen LogP contribution in [0.3, 0.4) is 0 Å². The summed E-state index contributed by atoms with van der Waals surface area (Å²) in [5.41, 5.74) is 0. The summed E-state index contributed by atoms with van der Waals surface area (Å²) in [4.78, 5) is 46.5. The normalized spacial score (nSPS) is 10.5. The monoisotopic (exact) mass is 484 g/mol. The Balaban J connectivity index is 2.08. The number of esters is 4. The van der Waals surface area contributed by atoms with Crippen molar-refractivity contribution in [2.24, 2.45) is 0 Å². The van der Waals surface area contributed by atoms with E-state index >= 15 is 0 Å². The van der Waals surface area contributed by atoms with Gasteiger partial charge in [-0.15, -0.1) is 0 Å². The Bertz CT molecular complexity index is 740. The highest BCUT2D eigenvalue weighted by Crippen LogP contribution is 2.12. The molecular formula is C24H36O10. The predicted octanol–water partition coefficient (Wildman–Crippen LogP) is 3.86. The summed E-state index contributed by atoms with van der Waals surface area (Å²) in [6.07, 6.45) is 6.18. The molecule has 34 heavy (non-hydrogen) atoms. The van der Waals surface area contributed by atoms with Crippen LogP contribution in [0, 0.1) is 0 Å². The smallest absolute Gasteiger partial charge is 0.374 e. The molecule has 0 aliphatic heterocycles. The zero-order valence-corrected chi connectivity index (χ0v) is 20.1. The second kappa shape index (κ2) is 18.5.